The molecule has 2 N–H and O–H groups in total. The quantitative estimate of drug-likeness (QED) is 0.525. The second kappa shape index (κ2) is 2.62. The molecular formula is C5H8ClF2N. The maximum absolute atomic E-state index is 12.2. The third-order valence-corrected chi connectivity index (χ3v) is 1.22. The molecule has 1 rings (SSSR count). The Morgan fingerprint density at radius 1 is 1.56 bits per heavy atom. The maximum Gasteiger partial charge on any atom is 0.269 e. The molecule has 1 nitrogen and oxygen atoms in total. The Kier molecular flexibility index (Phi) is 2.58. The molecule has 0 aromatic carbocycles. The molecule has 0 unspecified atom stereocenters. The lowest BCUT2D eigenvalue weighted by Gasteiger charge is -2.12. The monoisotopic (exact) mass is 155 g/mol. The standard InChI is InChI=1S/C5H7F2N.ClH/c6-5(7)3-1-2-4(5)8;/h1-2,4H,3,8H2;1H/t4-;/m0./s1. The topological polar surface area (TPSA) is 26.0 Å². The summed E-state index contributed by atoms with van der Waals surface area (Å²) >= 11 is 0. The highest BCUT2D eigenvalue weighted by atomic mass is 35.5. The van der Waals surface area contributed by atoms with Gasteiger partial charge in [-0.3, -0.25) is 0 Å². The van der Waals surface area contributed by atoms with E-state index in [4.69, 9.17) is 5.73 Å². The van der Waals surface area contributed by atoms with E-state index >= 15 is 0 Å². The zero-order chi connectivity index (χ0) is 6.20. The largest absolute Gasteiger partial charge is 0.319 e. The summed E-state index contributed by atoms with van der Waals surface area (Å²) in [5.74, 6) is -2.68. The van der Waals surface area contributed by atoms with Gasteiger partial charge in [-0.05, 0) is 0 Å². The molecule has 0 heterocycles. The van der Waals surface area contributed by atoms with E-state index in [1.807, 2.05) is 0 Å². The van der Waals surface area contributed by atoms with Gasteiger partial charge < -0.3 is 5.73 Å². The first-order valence-electron chi connectivity index (χ1n) is 2.43. The minimum absolute atomic E-state index is 0. The summed E-state index contributed by atoms with van der Waals surface area (Å²) in [6, 6.07) is -1.05. The number of hydrogen-bond donors (Lipinski definition) is 1. The van der Waals surface area contributed by atoms with Gasteiger partial charge in [0.1, 0.15) is 0 Å². The van der Waals surface area contributed by atoms with Gasteiger partial charge in [0.15, 0.2) is 0 Å². The van der Waals surface area contributed by atoms with E-state index in [1.54, 1.807) is 0 Å². The third kappa shape index (κ3) is 1.63. The molecule has 0 amide bonds. The first kappa shape index (κ1) is 8.85. The number of rotatable bonds is 0. The molecule has 0 spiro atoms. The van der Waals surface area contributed by atoms with Crippen LogP contribution in [0.25, 0.3) is 0 Å². The fraction of sp³-hybridized carbons (Fsp3) is 0.600. The van der Waals surface area contributed by atoms with Crippen LogP contribution in [0.15, 0.2) is 12.2 Å². The summed E-state index contributed by atoms with van der Waals surface area (Å²) < 4.78 is 24.3. The Hall–Kier alpha value is -0.150. The minimum Gasteiger partial charge on any atom is -0.319 e. The van der Waals surface area contributed by atoms with Crippen LogP contribution in [0.2, 0.25) is 0 Å². The van der Waals surface area contributed by atoms with E-state index in [0.717, 1.165) is 0 Å². The van der Waals surface area contributed by atoms with Crippen molar-refractivity contribution in [1.29, 1.82) is 0 Å². The number of alkyl halides is 2. The van der Waals surface area contributed by atoms with Gasteiger partial charge in [-0.25, -0.2) is 8.78 Å². The van der Waals surface area contributed by atoms with Gasteiger partial charge >= 0.3 is 0 Å². The highest BCUT2D eigenvalue weighted by Gasteiger charge is 2.37. The van der Waals surface area contributed by atoms with Crippen LogP contribution in [-0.4, -0.2) is 12.0 Å². The molecule has 0 bridgehead atoms. The van der Waals surface area contributed by atoms with Crippen molar-refractivity contribution < 1.29 is 8.78 Å². The molecule has 4 heteroatoms. The number of halogens is 3. The van der Waals surface area contributed by atoms with Gasteiger partial charge in [-0.1, -0.05) is 12.2 Å². The Bertz CT molecular complexity index is 124. The molecule has 0 aromatic rings. The first-order chi connectivity index (χ1) is 3.63. The minimum atomic E-state index is -2.68. The molecule has 0 aliphatic heterocycles. The Morgan fingerprint density at radius 3 is 2.22 bits per heavy atom. The summed E-state index contributed by atoms with van der Waals surface area (Å²) in [5.41, 5.74) is 4.98. The average Bonchev–Trinajstić information content (AvgIpc) is 1.86. The summed E-state index contributed by atoms with van der Waals surface area (Å²) in [7, 11) is 0. The molecule has 1 aliphatic carbocycles. The maximum atomic E-state index is 12.2. The van der Waals surface area contributed by atoms with Gasteiger partial charge in [0.25, 0.3) is 5.92 Å². The zero-order valence-electron chi connectivity index (χ0n) is 4.68. The van der Waals surface area contributed by atoms with Gasteiger partial charge in [0.05, 0.1) is 6.04 Å². The molecular weight excluding hydrogens is 148 g/mol. The van der Waals surface area contributed by atoms with E-state index in [0.29, 0.717) is 0 Å². The molecule has 0 fully saturated rings. The lowest BCUT2D eigenvalue weighted by molar-refractivity contribution is 0.000504. The number of allylic oxidation sites excluding steroid dienone is 1. The molecule has 54 valence electrons. The van der Waals surface area contributed by atoms with Crippen LogP contribution in [0.5, 0.6) is 0 Å². The van der Waals surface area contributed by atoms with Crippen molar-refractivity contribution >= 4 is 12.4 Å². The third-order valence-electron chi connectivity index (χ3n) is 1.22. The first-order valence-corrected chi connectivity index (χ1v) is 2.43. The summed E-state index contributed by atoms with van der Waals surface area (Å²) in [6.07, 6.45) is 2.54. The summed E-state index contributed by atoms with van der Waals surface area (Å²) in [6.45, 7) is 0. The van der Waals surface area contributed by atoms with Crippen molar-refractivity contribution in [2.45, 2.75) is 18.4 Å². The number of hydrogen-bond acceptors (Lipinski definition) is 1. The SMILES string of the molecule is Cl.N[C@H]1C=CCC1(F)F. The van der Waals surface area contributed by atoms with Gasteiger partial charge in [-0.2, -0.15) is 0 Å². The highest BCUT2D eigenvalue weighted by Crippen LogP contribution is 2.27. The predicted molar refractivity (Wildman–Crippen MR) is 33.9 cm³/mol. The Labute approximate surface area is 58.3 Å². The van der Waals surface area contributed by atoms with Gasteiger partial charge in [0, 0.05) is 6.42 Å². The summed E-state index contributed by atoms with van der Waals surface area (Å²) in [4.78, 5) is 0. The second-order valence-corrected chi connectivity index (χ2v) is 1.92. The van der Waals surface area contributed by atoms with E-state index in [9.17, 15) is 8.78 Å². The average molecular weight is 156 g/mol. The zero-order valence-corrected chi connectivity index (χ0v) is 5.50. The lowest BCUT2D eigenvalue weighted by Crippen LogP contribution is -2.35. The van der Waals surface area contributed by atoms with Crippen LogP contribution in [0.4, 0.5) is 8.78 Å². The molecule has 0 aromatic heterocycles. The molecule has 1 aliphatic rings. The van der Waals surface area contributed by atoms with Crippen molar-refractivity contribution in [1.82, 2.24) is 0 Å². The molecule has 9 heavy (non-hydrogen) atoms. The van der Waals surface area contributed by atoms with Crippen LogP contribution in [0, 0.1) is 0 Å². The molecule has 0 saturated heterocycles. The second-order valence-electron chi connectivity index (χ2n) is 1.92. The predicted octanol–water partition coefficient (Wildman–Crippen LogP) is 1.33. The highest BCUT2D eigenvalue weighted by molar-refractivity contribution is 5.85. The van der Waals surface area contributed by atoms with E-state index < -0.39 is 12.0 Å². The Morgan fingerprint density at radius 2 is 2.11 bits per heavy atom. The smallest absolute Gasteiger partial charge is 0.269 e. The molecule has 0 radical (unpaired) electrons. The van der Waals surface area contributed by atoms with Crippen molar-refractivity contribution in [3.63, 3.8) is 0 Å². The van der Waals surface area contributed by atoms with Crippen LogP contribution in [0.3, 0.4) is 0 Å². The molecule has 1 atom stereocenters. The van der Waals surface area contributed by atoms with E-state index in [2.05, 4.69) is 0 Å². The lowest BCUT2D eigenvalue weighted by atomic mass is 10.2. The van der Waals surface area contributed by atoms with Crippen LogP contribution in [0.1, 0.15) is 6.42 Å². The van der Waals surface area contributed by atoms with E-state index in [1.165, 1.54) is 12.2 Å². The van der Waals surface area contributed by atoms with Crippen LogP contribution >= 0.6 is 12.4 Å². The van der Waals surface area contributed by atoms with Gasteiger partial charge in [0.2, 0.25) is 0 Å². The van der Waals surface area contributed by atoms with Crippen molar-refractivity contribution in [2.75, 3.05) is 0 Å². The van der Waals surface area contributed by atoms with Gasteiger partial charge in [-0.15, -0.1) is 12.4 Å². The van der Waals surface area contributed by atoms with Crippen molar-refractivity contribution in [3.05, 3.63) is 12.2 Å². The Balaban J connectivity index is 0.000000640. The van der Waals surface area contributed by atoms with Crippen molar-refractivity contribution in [3.8, 4) is 0 Å². The van der Waals surface area contributed by atoms with E-state index in [-0.39, 0.29) is 18.8 Å². The van der Waals surface area contributed by atoms with Crippen LogP contribution < -0.4 is 5.73 Å². The fourth-order valence-electron chi connectivity index (χ4n) is 0.649. The summed E-state index contributed by atoms with van der Waals surface area (Å²) in [5, 5.41) is 0. The normalized spacial score (nSPS) is 29.9. The van der Waals surface area contributed by atoms with Crippen LogP contribution in [-0.2, 0) is 0 Å². The van der Waals surface area contributed by atoms with Crippen molar-refractivity contribution in [2.24, 2.45) is 5.73 Å². The fourth-order valence-corrected chi connectivity index (χ4v) is 0.649. The molecule has 0 saturated carbocycles. The number of nitrogens with two attached hydrogens (primary N) is 1.